The predicted molar refractivity (Wildman–Crippen MR) is 177 cm³/mol. The Labute approximate surface area is 259 Å². The number of amides is 3. The van der Waals surface area contributed by atoms with Crippen molar-refractivity contribution in [2.75, 3.05) is 26.2 Å². The number of unbranched alkanes of at least 4 members (excludes halogenated alkanes) is 21. The summed E-state index contributed by atoms with van der Waals surface area (Å²) in [7, 11) is 0. The van der Waals surface area contributed by atoms with Crippen LogP contribution >= 0.6 is 0 Å². The van der Waals surface area contributed by atoms with Gasteiger partial charge in [0.05, 0.1) is 0 Å². The number of hydrogen-bond donors (Lipinski definition) is 5. The van der Waals surface area contributed by atoms with Crippen LogP contribution in [-0.2, 0) is 14.4 Å². The lowest BCUT2D eigenvalue weighted by molar-refractivity contribution is -0.125. The minimum atomic E-state index is -0.445. The highest BCUT2D eigenvalue weighted by atomic mass is 16.2. The van der Waals surface area contributed by atoms with Crippen LogP contribution in [-0.4, -0.2) is 43.9 Å². The Balaban J connectivity index is 3.20. The highest BCUT2D eigenvalue weighted by Gasteiger charge is 2.03. The third kappa shape index (κ3) is 34.5. The van der Waals surface area contributed by atoms with Crippen LogP contribution < -0.4 is 27.2 Å². The lowest BCUT2D eigenvalue weighted by atomic mass is 10.0. The van der Waals surface area contributed by atoms with Crippen molar-refractivity contribution in [1.29, 1.82) is 0 Å². The molecule has 8 nitrogen and oxygen atoms in total. The van der Waals surface area contributed by atoms with Crippen molar-refractivity contribution in [2.24, 2.45) is 5.73 Å². The van der Waals surface area contributed by atoms with Crippen molar-refractivity contribution in [2.45, 2.75) is 174 Å². The Morgan fingerprint density at radius 1 is 0.405 bits per heavy atom. The molecule has 0 saturated carbocycles. The number of primary amides is 1. The minimum absolute atomic E-state index is 0.105. The van der Waals surface area contributed by atoms with E-state index in [-0.39, 0.29) is 24.7 Å². The zero-order valence-corrected chi connectivity index (χ0v) is 27.5. The van der Waals surface area contributed by atoms with Crippen LogP contribution in [0.5, 0.6) is 0 Å². The van der Waals surface area contributed by atoms with Gasteiger partial charge in [-0.15, -0.1) is 0 Å². The van der Waals surface area contributed by atoms with Crippen molar-refractivity contribution in [3.63, 3.8) is 0 Å². The molecule has 0 aromatic heterocycles. The molecule has 0 aromatic carbocycles. The van der Waals surface area contributed by atoms with Crippen LogP contribution in [0.4, 0.5) is 0 Å². The highest BCUT2D eigenvalue weighted by molar-refractivity contribution is 5.82. The molecule has 42 heavy (non-hydrogen) atoms. The quantitative estimate of drug-likeness (QED) is 0.0406. The lowest BCUT2D eigenvalue weighted by Gasteiger charge is -2.09. The van der Waals surface area contributed by atoms with Gasteiger partial charge in [0, 0.05) is 45.4 Å². The molecule has 0 radical (unpaired) electrons. The normalized spacial score (nSPS) is 11.1. The molecule has 0 aliphatic heterocycles. The number of rotatable bonds is 34. The Bertz CT molecular complexity index is 618. The molecule has 248 valence electrons. The van der Waals surface area contributed by atoms with E-state index in [0.29, 0.717) is 26.1 Å². The Kier molecular flexibility index (Phi) is 32.5. The number of hydrazine groups is 1. The predicted octanol–water partition coefficient (Wildman–Crippen LogP) is 6.96. The first-order chi connectivity index (χ1) is 20.6. The average molecular weight is 596 g/mol. The van der Waals surface area contributed by atoms with Crippen molar-refractivity contribution < 1.29 is 14.4 Å². The summed E-state index contributed by atoms with van der Waals surface area (Å²) in [5.41, 5.74) is 11.4. The molecular weight excluding hydrogens is 526 g/mol. The number of carbonyl (C=O) groups excluding carboxylic acids is 3. The summed E-state index contributed by atoms with van der Waals surface area (Å²) >= 11 is 0. The molecule has 0 bridgehead atoms. The maximum Gasteiger partial charge on any atom is 0.220 e. The summed E-state index contributed by atoms with van der Waals surface area (Å²) in [6.07, 6.45) is 31.0. The molecule has 8 heteroatoms. The van der Waals surface area contributed by atoms with Crippen LogP contribution in [0.25, 0.3) is 0 Å². The van der Waals surface area contributed by atoms with Crippen molar-refractivity contribution >= 4 is 17.7 Å². The Morgan fingerprint density at radius 3 is 1.29 bits per heavy atom. The molecular formula is C34H69N5O3. The van der Waals surface area contributed by atoms with E-state index in [1.54, 1.807) is 0 Å². The van der Waals surface area contributed by atoms with Gasteiger partial charge in [0.25, 0.3) is 0 Å². The second-order valence-electron chi connectivity index (χ2n) is 12.0. The van der Waals surface area contributed by atoms with E-state index in [4.69, 9.17) is 5.73 Å². The van der Waals surface area contributed by atoms with Gasteiger partial charge in [0.2, 0.25) is 17.7 Å². The summed E-state index contributed by atoms with van der Waals surface area (Å²) in [5.74, 6) is -0.400. The molecule has 0 fully saturated rings. The van der Waals surface area contributed by atoms with Crippen molar-refractivity contribution in [1.82, 2.24) is 21.5 Å². The summed E-state index contributed by atoms with van der Waals surface area (Å²) in [4.78, 5) is 34.1. The monoisotopic (exact) mass is 596 g/mol. The van der Waals surface area contributed by atoms with Crippen LogP contribution in [0.1, 0.15) is 174 Å². The van der Waals surface area contributed by atoms with Gasteiger partial charge >= 0.3 is 0 Å². The van der Waals surface area contributed by atoms with Gasteiger partial charge in [-0.3, -0.25) is 25.2 Å². The van der Waals surface area contributed by atoms with Gasteiger partial charge in [-0.1, -0.05) is 135 Å². The molecule has 6 N–H and O–H groups in total. The van der Waals surface area contributed by atoms with Crippen LogP contribution in [0.2, 0.25) is 0 Å². The van der Waals surface area contributed by atoms with E-state index in [0.717, 1.165) is 45.1 Å². The maximum atomic E-state index is 12.0. The first-order valence-corrected chi connectivity index (χ1v) is 17.8. The van der Waals surface area contributed by atoms with Crippen LogP contribution in [0, 0.1) is 0 Å². The van der Waals surface area contributed by atoms with E-state index in [2.05, 4.69) is 28.4 Å². The van der Waals surface area contributed by atoms with E-state index in [1.807, 2.05) is 0 Å². The van der Waals surface area contributed by atoms with Crippen LogP contribution in [0.3, 0.4) is 0 Å². The standard InChI is InChI=1S/C34H69N5O3/c1-2-3-4-5-6-7-8-9-10-11-12-13-14-15-16-17-18-19-22-25-33(41)37-30-31-39-38-29-24-21-20-23-28-36-34(42)27-26-32(35)40/h38-39H,2-31H2,1H3,(H2,35,40)(H,36,42)(H,37,41). The Hall–Kier alpha value is -1.67. The molecule has 0 unspecified atom stereocenters. The fourth-order valence-electron chi connectivity index (χ4n) is 5.14. The molecule has 0 atom stereocenters. The van der Waals surface area contributed by atoms with Gasteiger partial charge in [-0.05, 0) is 19.3 Å². The number of carbonyl (C=O) groups is 3. The summed E-state index contributed by atoms with van der Waals surface area (Å²) in [5, 5.41) is 5.79. The van der Waals surface area contributed by atoms with Crippen LogP contribution in [0.15, 0.2) is 0 Å². The molecule has 0 rings (SSSR count). The molecule has 0 aliphatic carbocycles. The third-order valence-corrected chi connectivity index (χ3v) is 7.85. The van der Waals surface area contributed by atoms with Gasteiger partial charge < -0.3 is 16.4 Å². The maximum absolute atomic E-state index is 12.0. The molecule has 0 aliphatic rings. The van der Waals surface area contributed by atoms with Gasteiger partial charge in [-0.25, -0.2) is 0 Å². The molecule has 3 amide bonds. The van der Waals surface area contributed by atoms with Crippen molar-refractivity contribution in [3.8, 4) is 0 Å². The van der Waals surface area contributed by atoms with Gasteiger partial charge in [0.1, 0.15) is 0 Å². The van der Waals surface area contributed by atoms with E-state index < -0.39 is 5.91 Å². The SMILES string of the molecule is CCCCCCCCCCCCCCCCCCCCCC(=O)NCCNNCCCCCCNC(=O)CCC(N)=O. The first kappa shape index (κ1) is 40.3. The zero-order chi connectivity index (χ0) is 30.8. The van der Waals surface area contributed by atoms with Crippen molar-refractivity contribution in [3.05, 3.63) is 0 Å². The van der Waals surface area contributed by atoms with E-state index in [9.17, 15) is 14.4 Å². The smallest absolute Gasteiger partial charge is 0.220 e. The Morgan fingerprint density at radius 2 is 0.786 bits per heavy atom. The highest BCUT2D eigenvalue weighted by Crippen LogP contribution is 2.14. The molecule has 0 heterocycles. The summed E-state index contributed by atoms with van der Waals surface area (Å²) in [6, 6.07) is 0. The van der Waals surface area contributed by atoms with Gasteiger partial charge in [-0.2, -0.15) is 0 Å². The summed E-state index contributed by atoms with van der Waals surface area (Å²) in [6.45, 7) is 5.15. The molecule has 0 aromatic rings. The lowest BCUT2D eigenvalue weighted by Crippen LogP contribution is -2.39. The minimum Gasteiger partial charge on any atom is -0.370 e. The largest absolute Gasteiger partial charge is 0.370 e. The molecule has 0 spiro atoms. The van der Waals surface area contributed by atoms with Gasteiger partial charge in [0.15, 0.2) is 0 Å². The average Bonchev–Trinajstić information content (AvgIpc) is 2.97. The second kappa shape index (κ2) is 33.8. The second-order valence-corrected chi connectivity index (χ2v) is 12.0. The summed E-state index contributed by atoms with van der Waals surface area (Å²) < 4.78 is 0. The third-order valence-electron chi connectivity index (χ3n) is 7.85. The van der Waals surface area contributed by atoms with E-state index in [1.165, 1.54) is 109 Å². The first-order valence-electron chi connectivity index (χ1n) is 17.8. The van der Waals surface area contributed by atoms with E-state index >= 15 is 0 Å². The number of nitrogens with one attached hydrogen (secondary N) is 4. The number of hydrogen-bond acceptors (Lipinski definition) is 5. The number of nitrogens with two attached hydrogens (primary N) is 1. The topological polar surface area (TPSA) is 125 Å². The zero-order valence-electron chi connectivity index (χ0n) is 27.5. The molecule has 0 saturated heterocycles. The fourth-order valence-corrected chi connectivity index (χ4v) is 5.14. The fraction of sp³-hybridized carbons (Fsp3) is 0.912.